The second kappa shape index (κ2) is 12.3. The molecule has 2 aromatic heterocycles. The van der Waals surface area contributed by atoms with Crippen LogP contribution in [0.15, 0.2) is 10.8 Å². The third-order valence-corrected chi connectivity index (χ3v) is 5.27. The predicted octanol–water partition coefficient (Wildman–Crippen LogP) is 0.393. The smallest absolute Gasteiger partial charge is 0.276 e. The molecular formula is C17H24N6O5S2. The molecular weight excluding hydrogens is 432 g/mol. The van der Waals surface area contributed by atoms with Gasteiger partial charge in [-0.25, -0.2) is 9.97 Å². The van der Waals surface area contributed by atoms with E-state index in [2.05, 4.69) is 25.9 Å². The third kappa shape index (κ3) is 7.76. The molecule has 0 saturated heterocycles. The molecule has 2 aromatic rings. The van der Waals surface area contributed by atoms with Crippen molar-refractivity contribution in [3.63, 3.8) is 0 Å². The highest BCUT2D eigenvalue weighted by atomic mass is 32.1. The first kappa shape index (κ1) is 23.8. The number of thiazole rings is 2. The highest BCUT2D eigenvalue weighted by Gasteiger charge is 2.16. The zero-order valence-corrected chi connectivity index (χ0v) is 17.7. The van der Waals surface area contributed by atoms with Gasteiger partial charge in [-0.15, -0.1) is 22.7 Å². The molecule has 0 radical (unpaired) electrons. The molecule has 2 rings (SSSR count). The number of nitrogens with one attached hydrogen (secondary N) is 3. The Hall–Kier alpha value is -2.45. The number of anilines is 2. The number of hydrogen-bond donors (Lipinski definition) is 6. The van der Waals surface area contributed by atoms with E-state index in [1.54, 1.807) is 0 Å². The van der Waals surface area contributed by atoms with Gasteiger partial charge in [0.2, 0.25) is 5.91 Å². The summed E-state index contributed by atoms with van der Waals surface area (Å²) in [5, 5.41) is 29.1. The number of aliphatic hydroxyl groups is 2. The van der Waals surface area contributed by atoms with Crippen molar-refractivity contribution in [2.24, 2.45) is 5.73 Å². The molecule has 0 aliphatic rings. The Labute approximate surface area is 180 Å². The SMILES string of the molecule is NCCCCCC(=O)Nc1nc(C(=O)Nc2nc(C(=O)NC[C@H](O)CO)cs2)cs1. The molecule has 11 nitrogen and oxygen atoms in total. The molecule has 0 aliphatic heterocycles. The molecule has 0 unspecified atom stereocenters. The lowest BCUT2D eigenvalue weighted by Gasteiger charge is -2.07. The number of nitrogens with two attached hydrogens (primary N) is 1. The molecule has 0 bridgehead atoms. The second-order valence-electron chi connectivity index (χ2n) is 6.22. The van der Waals surface area contributed by atoms with E-state index < -0.39 is 24.5 Å². The second-order valence-corrected chi connectivity index (χ2v) is 7.94. The van der Waals surface area contributed by atoms with Crippen molar-refractivity contribution < 1.29 is 24.6 Å². The summed E-state index contributed by atoms with van der Waals surface area (Å²) in [4.78, 5) is 44.2. The largest absolute Gasteiger partial charge is 0.394 e. The number of rotatable bonds is 12. The minimum absolute atomic E-state index is 0.0707. The van der Waals surface area contributed by atoms with E-state index in [0.29, 0.717) is 18.1 Å². The maximum atomic E-state index is 12.3. The molecule has 13 heteroatoms. The Morgan fingerprint density at radius 3 is 2.27 bits per heavy atom. The fourth-order valence-electron chi connectivity index (χ4n) is 2.19. The van der Waals surface area contributed by atoms with Gasteiger partial charge in [0.15, 0.2) is 10.3 Å². The van der Waals surface area contributed by atoms with Gasteiger partial charge in [-0.2, -0.15) is 0 Å². The molecule has 2 heterocycles. The van der Waals surface area contributed by atoms with Gasteiger partial charge in [-0.05, 0) is 19.4 Å². The predicted molar refractivity (Wildman–Crippen MR) is 114 cm³/mol. The maximum absolute atomic E-state index is 12.3. The van der Waals surface area contributed by atoms with E-state index in [0.717, 1.165) is 41.9 Å². The minimum Gasteiger partial charge on any atom is -0.394 e. The Morgan fingerprint density at radius 1 is 1.00 bits per heavy atom. The van der Waals surface area contributed by atoms with E-state index in [-0.39, 0.29) is 29.0 Å². The van der Waals surface area contributed by atoms with Crippen LogP contribution in [-0.4, -0.2) is 63.7 Å². The van der Waals surface area contributed by atoms with Crippen LogP contribution in [0, 0.1) is 0 Å². The quantitative estimate of drug-likeness (QED) is 0.248. The first-order chi connectivity index (χ1) is 14.4. The van der Waals surface area contributed by atoms with E-state index >= 15 is 0 Å². The number of carbonyl (C=O) groups is 3. The Morgan fingerprint density at radius 2 is 1.63 bits per heavy atom. The van der Waals surface area contributed by atoms with Gasteiger partial charge in [0.25, 0.3) is 11.8 Å². The average molecular weight is 457 g/mol. The molecule has 0 aliphatic carbocycles. The van der Waals surface area contributed by atoms with Gasteiger partial charge in [-0.3, -0.25) is 19.7 Å². The average Bonchev–Trinajstić information content (AvgIpc) is 3.39. The number of aliphatic hydroxyl groups excluding tert-OH is 2. The summed E-state index contributed by atoms with van der Waals surface area (Å²) >= 11 is 2.19. The van der Waals surface area contributed by atoms with Gasteiger partial charge in [0, 0.05) is 23.7 Å². The molecule has 30 heavy (non-hydrogen) atoms. The van der Waals surface area contributed by atoms with Gasteiger partial charge in [0.05, 0.1) is 12.7 Å². The molecule has 0 aromatic carbocycles. The van der Waals surface area contributed by atoms with Gasteiger partial charge < -0.3 is 26.6 Å². The zero-order valence-electron chi connectivity index (χ0n) is 16.1. The third-order valence-electron chi connectivity index (χ3n) is 3.76. The van der Waals surface area contributed by atoms with Crippen LogP contribution in [0.25, 0.3) is 0 Å². The van der Waals surface area contributed by atoms with Crippen molar-refractivity contribution in [1.29, 1.82) is 0 Å². The van der Waals surface area contributed by atoms with Crippen LogP contribution in [0.5, 0.6) is 0 Å². The summed E-state index contributed by atoms with van der Waals surface area (Å²) < 4.78 is 0. The normalized spacial score (nSPS) is 11.7. The van der Waals surface area contributed by atoms with Gasteiger partial charge in [0.1, 0.15) is 11.4 Å². The Balaban J connectivity index is 1.83. The van der Waals surface area contributed by atoms with Gasteiger partial charge in [-0.1, -0.05) is 6.42 Å². The standard InChI is InChI=1S/C17H24N6O5S2/c18-5-3-1-2-4-13(26)22-16-21-12(9-29-16)15(28)23-17-20-11(8-30-17)14(27)19-6-10(25)7-24/h8-10,24-25H,1-7,18H2,(H,19,27)(H,20,23,28)(H,21,22,26)/t10-/m0/s1. The molecule has 0 spiro atoms. The highest BCUT2D eigenvalue weighted by Crippen LogP contribution is 2.19. The van der Waals surface area contributed by atoms with E-state index in [4.69, 9.17) is 10.8 Å². The van der Waals surface area contributed by atoms with Crippen LogP contribution >= 0.6 is 22.7 Å². The number of amides is 3. The maximum Gasteiger partial charge on any atom is 0.276 e. The lowest BCUT2D eigenvalue weighted by Crippen LogP contribution is -2.34. The first-order valence-corrected chi connectivity index (χ1v) is 11.0. The molecule has 1 atom stereocenters. The van der Waals surface area contributed by atoms with E-state index in [9.17, 15) is 19.5 Å². The van der Waals surface area contributed by atoms with E-state index in [1.807, 2.05) is 0 Å². The molecule has 0 saturated carbocycles. The number of carbonyl (C=O) groups excluding carboxylic acids is 3. The summed E-state index contributed by atoms with van der Waals surface area (Å²) in [6.07, 6.45) is 1.79. The van der Waals surface area contributed by atoms with Crippen molar-refractivity contribution in [3.8, 4) is 0 Å². The van der Waals surface area contributed by atoms with Gasteiger partial charge >= 0.3 is 0 Å². The van der Waals surface area contributed by atoms with Crippen LogP contribution in [0.3, 0.4) is 0 Å². The van der Waals surface area contributed by atoms with Crippen molar-refractivity contribution >= 4 is 50.7 Å². The minimum atomic E-state index is -1.06. The van der Waals surface area contributed by atoms with Crippen molar-refractivity contribution in [3.05, 3.63) is 22.1 Å². The number of aromatic nitrogens is 2. The Bertz CT molecular complexity index is 855. The summed E-state index contributed by atoms with van der Waals surface area (Å²) in [7, 11) is 0. The van der Waals surface area contributed by atoms with E-state index in [1.165, 1.54) is 10.8 Å². The highest BCUT2D eigenvalue weighted by molar-refractivity contribution is 7.14. The number of unbranched alkanes of at least 4 members (excludes halogenated alkanes) is 2. The summed E-state index contributed by atoms with van der Waals surface area (Å²) in [6.45, 7) is 0.0165. The number of hydrogen-bond acceptors (Lipinski definition) is 10. The van der Waals surface area contributed by atoms with Crippen LogP contribution in [-0.2, 0) is 4.79 Å². The zero-order chi connectivity index (χ0) is 21.9. The van der Waals surface area contributed by atoms with Crippen molar-refractivity contribution in [2.75, 3.05) is 30.3 Å². The fraction of sp³-hybridized carbons (Fsp3) is 0.471. The summed E-state index contributed by atoms with van der Waals surface area (Å²) in [5.74, 6) is -1.23. The monoisotopic (exact) mass is 456 g/mol. The Kier molecular flexibility index (Phi) is 9.76. The van der Waals surface area contributed by atoms with Crippen LogP contribution in [0.4, 0.5) is 10.3 Å². The lowest BCUT2D eigenvalue weighted by atomic mass is 10.2. The van der Waals surface area contributed by atoms with Crippen molar-refractivity contribution in [1.82, 2.24) is 15.3 Å². The molecule has 164 valence electrons. The fourth-order valence-corrected chi connectivity index (χ4v) is 3.58. The summed E-state index contributed by atoms with van der Waals surface area (Å²) in [5.41, 5.74) is 5.60. The summed E-state index contributed by atoms with van der Waals surface area (Å²) in [6, 6.07) is 0. The number of nitrogens with zero attached hydrogens (tertiary/aromatic N) is 2. The molecule has 3 amide bonds. The molecule has 0 fully saturated rings. The molecule has 7 N–H and O–H groups in total. The first-order valence-electron chi connectivity index (χ1n) is 9.22. The van der Waals surface area contributed by atoms with Crippen LogP contribution in [0.1, 0.15) is 46.7 Å². The van der Waals surface area contributed by atoms with Crippen molar-refractivity contribution in [2.45, 2.75) is 31.8 Å². The van der Waals surface area contributed by atoms with Crippen LogP contribution < -0.4 is 21.7 Å². The van der Waals surface area contributed by atoms with Crippen LogP contribution in [0.2, 0.25) is 0 Å². The lowest BCUT2D eigenvalue weighted by molar-refractivity contribution is -0.116. The topological polar surface area (TPSA) is 180 Å².